The number of nitrogens with zero attached hydrogens (tertiary/aromatic N) is 2. The minimum atomic E-state index is -0.256. The summed E-state index contributed by atoms with van der Waals surface area (Å²) in [6, 6.07) is 4.74. The standard InChI is InChI=1S/C13H14Cl2N4O/c1-8(7-19-4-2-3-17-19)18-13(20)9-5-10(14)12(16)11(15)6-9/h2-6,8H,7,16H2,1H3,(H,18,20). The summed E-state index contributed by atoms with van der Waals surface area (Å²) in [6.07, 6.45) is 3.52. The molecule has 0 spiro atoms. The number of carbonyl (C=O) groups excluding carboxylic acids is 1. The van der Waals surface area contributed by atoms with E-state index in [0.717, 1.165) is 0 Å². The van der Waals surface area contributed by atoms with Gasteiger partial charge in [0.05, 0.1) is 22.3 Å². The SMILES string of the molecule is CC(Cn1cccn1)NC(=O)c1cc(Cl)c(N)c(Cl)c1. The van der Waals surface area contributed by atoms with Gasteiger partial charge in [0, 0.05) is 24.0 Å². The highest BCUT2D eigenvalue weighted by molar-refractivity contribution is 6.39. The smallest absolute Gasteiger partial charge is 0.251 e. The van der Waals surface area contributed by atoms with Crippen LogP contribution in [0.25, 0.3) is 0 Å². The van der Waals surface area contributed by atoms with Gasteiger partial charge in [-0.05, 0) is 25.1 Å². The van der Waals surface area contributed by atoms with E-state index >= 15 is 0 Å². The number of carbonyl (C=O) groups is 1. The first-order chi connectivity index (χ1) is 9.47. The number of nitrogens with two attached hydrogens (primary N) is 1. The number of anilines is 1. The topological polar surface area (TPSA) is 72.9 Å². The van der Waals surface area contributed by atoms with Crippen molar-refractivity contribution in [1.29, 1.82) is 0 Å². The highest BCUT2D eigenvalue weighted by Crippen LogP contribution is 2.28. The maximum Gasteiger partial charge on any atom is 0.251 e. The lowest BCUT2D eigenvalue weighted by Crippen LogP contribution is -2.35. The zero-order chi connectivity index (χ0) is 14.7. The number of aromatic nitrogens is 2. The predicted molar refractivity (Wildman–Crippen MR) is 80.0 cm³/mol. The van der Waals surface area contributed by atoms with Crippen molar-refractivity contribution >= 4 is 34.8 Å². The molecule has 106 valence electrons. The lowest BCUT2D eigenvalue weighted by atomic mass is 10.2. The summed E-state index contributed by atoms with van der Waals surface area (Å²) in [7, 11) is 0. The van der Waals surface area contributed by atoms with Gasteiger partial charge in [0.2, 0.25) is 0 Å². The van der Waals surface area contributed by atoms with Gasteiger partial charge in [-0.2, -0.15) is 5.10 Å². The molecule has 1 amide bonds. The number of amides is 1. The quantitative estimate of drug-likeness (QED) is 0.852. The molecule has 0 saturated carbocycles. The Bertz CT molecular complexity index is 590. The van der Waals surface area contributed by atoms with Crippen molar-refractivity contribution in [2.45, 2.75) is 19.5 Å². The number of hydrogen-bond acceptors (Lipinski definition) is 3. The van der Waals surface area contributed by atoms with Gasteiger partial charge < -0.3 is 11.1 Å². The molecule has 1 aromatic heterocycles. The number of rotatable bonds is 4. The zero-order valence-electron chi connectivity index (χ0n) is 10.8. The van der Waals surface area contributed by atoms with Crippen molar-refractivity contribution in [3.05, 3.63) is 46.2 Å². The van der Waals surface area contributed by atoms with E-state index in [1.165, 1.54) is 12.1 Å². The van der Waals surface area contributed by atoms with Crippen LogP contribution in [0.4, 0.5) is 5.69 Å². The molecule has 2 rings (SSSR count). The molecule has 0 radical (unpaired) electrons. The Morgan fingerprint density at radius 3 is 2.65 bits per heavy atom. The monoisotopic (exact) mass is 312 g/mol. The Labute approximate surface area is 126 Å². The lowest BCUT2D eigenvalue weighted by Gasteiger charge is -2.14. The minimum Gasteiger partial charge on any atom is -0.396 e. The number of hydrogen-bond donors (Lipinski definition) is 2. The first kappa shape index (κ1) is 14.7. The second-order valence-electron chi connectivity index (χ2n) is 4.46. The first-order valence-corrected chi connectivity index (χ1v) is 6.75. The van der Waals surface area contributed by atoms with Crippen LogP contribution in [0.1, 0.15) is 17.3 Å². The Kier molecular flexibility index (Phi) is 4.52. The molecule has 1 heterocycles. The second-order valence-corrected chi connectivity index (χ2v) is 5.27. The first-order valence-electron chi connectivity index (χ1n) is 6.00. The number of nitrogens with one attached hydrogen (secondary N) is 1. The molecule has 0 aliphatic carbocycles. The third-order valence-corrected chi connectivity index (χ3v) is 3.36. The molecule has 5 nitrogen and oxygen atoms in total. The van der Waals surface area contributed by atoms with Crippen LogP contribution in [0.15, 0.2) is 30.6 Å². The summed E-state index contributed by atoms with van der Waals surface area (Å²) in [5.41, 5.74) is 6.28. The molecule has 0 bridgehead atoms. The Morgan fingerprint density at radius 2 is 2.10 bits per heavy atom. The van der Waals surface area contributed by atoms with E-state index in [1.54, 1.807) is 10.9 Å². The van der Waals surface area contributed by atoms with E-state index in [4.69, 9.17) is 28.9 Å². The van der Waals surface area contributed by atoms with Gasteiger partial charge in [-0.1, -0.05) is 23.2 Å². The largest absolute Gasteiger partial charge is 0.396 e. The van der Waals surface area contributed by atoms with Crippen molar-refractivity contribution in [2.75, 3.05) is 5.73 Å². The molecule has 1 unspecified atom stereocenters. The molecule has 3 N–H and O–H groups in total. The summed E-state index contributed by atoms with van der Waals surface area (Å²) in [4.78, 5) is 12.1. The summed E-state index contributed by atoms with van der Waals surface area (Å²) >= 11 is 11.8. The molecule has 20 heavy (non-hydrogen) atoms. The van der Waals surface area contributed by atoms with E-state index in [-0.39, 0.29) is 27.7 Å². The Morgan fingerprint density at radius 1 is 1.45 bits per heavy atom. The fourth-order valence-corrected chi connectivity index (χ4v) is 2.24. The van der Waals surface area contributed by atoms with Gasteiger partial charge in [-0.15, -0.1) is 0 Å². The minimum absolute atomic E-state index is 0.0856. The van der Waals surface area contributed by atoms with Crippen molar-refractivity contribution < 1.29 is 4.79 Å². The molecule has 2 aromatic rings. The van der Waals surface area contributed by atoms with Crippen molar-refractivity contribution in [1.82, 2.24) is 15.1 Å². The fourth-order valence-electron chi connectivity index (χ4n) is 1.76. The van der Waals surface area contributed by atoms with Gasteiger partial charge in [0.1, 0.15) is 0 Å². The van der Waals surface area contributed by atoms with E-state index in [9.17, 15) is 4.79 Å². The third kappa shape index (κ3) is 3.43. The zero-order valence-corrected chi connectivity index (χ0v) is 12.3. The van der Waals surface area contributed by atoms with Gasteiger partial charge in [0.15, 0.2) is 0 Å². The average molecular weight is 313 g/mol. The van der Waals surface area contributed by atoms with Crippen LogP contribution in [-0.4, -0.2) is 21.7 Å². The van der Waals surface area contributed by atoms with Crippen molar-refractivity contribution in [2.24, 2.45) is 0 Å². The van der Waals surface area contributed by atoms with Crippen LogP contribution in [0, 0.1) is 0 Å². The van der Waals surface area contributed by atoms with Crippen LogP contribution in [0.5, 0.6) is 0 Å². The van der Waals surface area contributed by atoms with E-state index < -0.39 is 0 Å². The third-order valence-electron chi connectivity index (χ3n) is 2.74. The van der Waals surface area contributed by atoms with Crippen LogP contribution >= 0.6 is 23.2 Å². The van der Waals surface area contributed by atoms with Gasteiger partial charge in [-0.3, -0.25) is 9.48 Å². The molecular formula is C13H14Cl2N4O. The van der Waals surface area contributed by atoms with Crippen molar-refractivity contribution in [3.63, 3.8) is 0 Å². The molecule has 0 fully saturated rings. The van der Waals surface area contributed by atoms with Gasteiger partial charge >= 0.3 is 0 Å². The fraction of sp³-hybridized carbons (Fsp3) is 0.231. The van der Waals surface area contributed by atoms with Crippen LogP contribution < -0.4 is 11.1 Å². The van der Waals surface area contributed by atoms with Crippen LogP contribution in [0.2, 0.25) is 10.0 Å². The number of halogens is 2. The Balaban J connectivity index is 2.04. The lowest BCUT2D eigenvalue weighted by molar-refractivity contribution is 0.0936. The normalized spacial score (nSPS) is 12.2. The van der Waals surface area contributed by atoms with E-state index in [0.29, 0.717) is 12.1 Å². The van der Waals surface area contributed by atoms with Crippen LogP contribution in [0.3, 0.4) is 0 Å². The summed E-state index contributed by atoms with van der Waals surface area (Å²) in [5.74, 6) is -0.256. The summed E-state index contributed by atoms with van der Waals surface area (Å²) in [5, 5.41) is 7.47. The highest BCUT2D eigenvalue weighted by Gasteiger charge is 2.13. The molecule has 0 saturated heterocycles. The van der Waals surface area contributed by atoms with E-state index in [2.05, 4.69) is 10.4 Å². The molecule has 7 heteroatoms. The van der Waals surface area contributed by atoms with Crippen molar-refractivity contribution in [3.8, 4) is 0 Å². The molecule has 0 aliphatic heterocycles. The predicted octanol–water partition coefficient (Wildman–Crippen LogP) is 2.59. The maximum absolute atomic E-state index is 12.1. The Hall–Kier alpha value is -1.72. The van der Waals surface area contributed by atoms with Gasteiger partial charge in [0.25, 0.3) is 5.91 Å². The van der Waals surface area contributed by atoms with Crippen LogP contribution in [-0.2, 0) is 6.54 Å². The molecule has 1 aromatic carbocycles. The maximum atomic E-state index is 12.1. The molecule has 1 atom stereocenters. The van der Waals surface area contributed by atoms with E-state index in [1.807, 2.05) is 19.2 Å². The average Bonchev–Trinajstić information content (AvgIpc) is 2.87. The molecular weight excluding hydrogens is 299 g/mol. The van der Waals surface area contributed by atoms with Gasteiger partial charge in [-0.25, -0.2) is 0 Å². The number of benzene rings is 1. The summed E-state index contributed by atoms with van der Waals surface area (Å²) in [6.45, 7) is 2.47. The second kappa shape index (κ2) is 6.15. The highest BCUT2D eigenvalue weighted by atomic mass is 35.5. The summed E-state index contributed by atoms with van der Waals surface area (Å²) < 4.78 is 1.74. The molecule has 0 aliphatic rings. The number of nitrogen functional groups attached to an aromatic ring is 1.